The molecule has 0 bridgehead atoms. The first-order chi connectivity index (χ1) is 13.7. The fraction of sp³-hybridized carbons (Fsp3) is 0.190. The lowest BCUT2D eigenvalue weighted by atomic mass is 10.00. The third kappa shape index (κ3) is 4.30. The molecule has 28 heavy (non-hydrogen) atoms. The minimum atomic E-state index is -0.0461. The van der Waals surface area contributed by atoms with Crippen LogP contribution in [0.2, 0.25) is 5.02 Å². The average Bonchev–Trinajstić information content (AvgIpc) is 3.24. The molecule has 2 N–H and O–H groups in total. The monoisotopic (exact) mass is 394 g/mol. The number of benzene rings is 2. The van der Waals surface area contributed by atoms with E-state index < -0.39 is 0 Å². The third-order valence-electron chi connectivity index (χ3n) is 4.84. The van der Waals surface area contributed by atoms with Gasteiger partial charge in [-0.25, -0.2) is 9.67 Å². The van der Waals surface area contributed by atoms with Crippen LogP contribution in [0.5, 0.6) is 0 Å². The van der Waals surface area contributed by atoms with Gasteiger partial charge in [0.05, 0.1) is 24.5 Å². The smallest absolute Gasteiger partial charge is 0.279 e. The fourth-order valence-electron chi connectivity index (χ4n) is 3.42. The van der Waals surface area contributed by atoms with Gasteiger partial charge in [0.25, 0.3) is 5.91 Å². The highest BCUT2D eigenvalue weighted by Crippen LogP contribution is 2.24. The lowest BCUT2D eigenvalue weighted by Crippen LogP contribution is -3.13. The van der Waals surface area contributed by atoms with Gasteiger partial charge in [-0.15, -0.1) is 0 Å². The molecule has 3 aromatic rings. The molecule has 7 heteroatoms. The Kier molecular flexibility index (Phi) is 5.50. The van der Waals surface area contributed by atoms with Crippen LogP contribution >= 0.6 is 11.6 Å². The van der Waals surface area contributed by atoms with Crippen LogP contribution in [-0.2, 0) is 4.79 Å². The maximum atomic E-state index is 12.6. The number of amides is 1. The number of anilines is 1. The Hall–Kier alpha value is -2.96. The van der Waals surface area contributed by atoms with E-state index in [1.165, 1.54) is 22.4 Å². The molecule has 0 saturated carbocycles. The molecule has 1 unspecified atom stereocenters. The van der Waals surface area contributed by atoms with Crippen LogP contribution in [-0.4, -0.2) is 40.3 Å². The molecule has 1 amide bonds. The number of quaternary nitrogens is 1. The second kappa shape index (κ2) is 8.37. The van der Waals surface area contributed by atoms with Crippen molar-refractivity contribution >= 4 is 28.8 Å². The number of halogens is 1. The van der Waals surface area contributed by atoms with E-state index in [9.17, 15) is 4.79 Å². The van der Waals surface area contributed by atoms with Gasteiger partial charge >= 0.3 is 0 Å². The third-order valence-corrected chi connectivity index (χ3v) is 5.07. The van der Waals surface area contributed by atoms with Gasteiger partial charge in [0.2, 0.25) is 0 Å². The van der Waals surface area contributed by atoms with E-state index in [-0.39, 0.29) is 5.91 Å². The predicted molar refractivity (Wildman–Crippen MR) is 110 cm³/mol. The number of nitrogens with one attached hydrogen (secondary N) is 2. The molecular formula is C21H21ClN5O+. The first-order valence-corrected chi connectivity index (χ1v) is 9.59. The summed E-state index contributed by atoms with van der Waals surface area (Å²) in [6.07, 6.45) is 6.25. The van der Waals surface area contributed by atoms with Crippen LogP contribution in [0.3, 0.4) is 0 Å². The molecule has 0 spiro atoms. The average molecular weight is 395 g/mol. The Morgan fingerprint density at radius 1 is 1.21 bits per heavy atom. The highest BCUT2D eigenvalue weighted by molar-refractivity contribution is 6.31. The summed E-state index contributed by atoms with van der Waals surface area (Å²) in [5.74, 6) is -0.0461. The van der Waals surface area contributed by atoms with Gasteiger partial charge in [-0.05, 0) is 35.4 Å². The van der Waals surface area contributed by atoms with Gasteiger partial charge < -0.3 is 10.2 Å². The van der Waals surface area contributed by atoms with Gasteiger partial charge in [0.1, 0.15) is 12.7 Å². The summed E-state index contributed by atoms with van der Waals surface area (Å²) >= 11 is 6.12. The summed E-state index contributed by atoms with van der Waals surface area (Å²) in [5, 5.41) is 7.67. The van der Waals surface area contributed by atoms with Crippen LogP contribution in [0, 0.1) is 0 Å². The Morgan fingerprint density at radius 2 is 2.07 bits per heavy atom. The largest absolute Gasteiger partial charge is 0.324 e. The number of hydrogen-bond acceptors (Lipinski definition) is 3. The molecule has 6 nitrogen and oxygen atoms in total. The number of carbonyl (C=O) groups is 1. The maximum Gasteiger partial charge on any atom is 0.279 e. The van der Waals surface area contributed by atoms with Crippen LogP contribution < -0.4 is 10.2 Å². The number of nitrogens with zero attached hydrogens (tertiary/aromatic N) is 3. The summed E-state index contributed by atoms with van der Waals surface area (Å²) in [6, 6.07) is 15.7. The van der Waals surface area contributed by atoms with Crippen molar-refractivity contribution in [3.05, 3.63) is 77.8 Å². The van der Waals surface area contributed by atoms with E-state index in [0.717, 1.165) is 25.2 Å². The van der Waals surface area contributed by atoms with Crippen molar-refractivity contribution in [3.63, 3.8) is 0 Å². The van der Waals surface area contributed by atoms with E-state index in [4.69, 9.17) is 11.6 Å². The van der Waals surface area contributed by atoms with E-state index in [1.54, 1.807) is 23.1 Å². The quantitative estimate of drug-likeness (QED) is 0.697. The zero-order valence-electron chi connectivity index (χ0n) is 15.3. The SMILES string of the molecule is O=C(C[NH+]1CC=C(c2ccccc2)CC1)Nc1cc(Cl)ccc1-n1cncn1. The molecule has 0 fully saturated rings. The summed E-state index contributed by atoms with van der Waals surface area (Å²) in [6.45, 7) is 2.17. The van der Waals surface area contributed by atoms with Gasteiger partial charge in [-0.1, -0.05) is 41.9 Å². The molecule has 0 aliphatic carbocycles. The van der Waals surface area contributed by atoms with Crippen molar-refractivity contribution in [3.8, 4) is 5.69 Å². The first-order valence-electron chi connectivity index (χ1n) is 9.21. The van der Waals surface area contributed by atoms with E-state index >= 15 is 0 Å². The number of hydrogen-bond donors (Lipinski definition) is 2. The molecule has 4 rings (SSSR count). The minimum absolute atomic E-state index is 0.0461. The molecule has 0 radical (unpaired) electrons. The molecule has 2 heterocycles. The van der Waals surface area contributed by atoms with Gasteiger partial charge in [0.15, 0.2) is 6.54 Å². The highest BCUT2D eigenvalue weighted by atomic mass is 35.5. The summed E-state index contributed by atoms with van der Waals surface area (Å²) < 4.78 is 1.61. The molecule has 1 aromatic heterocycles. The summed E-state index contributed by atoms with van der Waals surface area (Å²) in [7, 11) is 0. The van der Waals surface area contributed by atoms with Crippen LogP contribution in [0.4, 0.5) is 5.69 Å². The highest BCUT2D eigenvalue weighted by Gasteiger charge is 2.20. The molecule has 1 atom stereocenters. The van der Waals surface area contributed by atoms with Gasteiger partial charge in [-0.3, -0.25) is 4.79 Å². The lowest BCUT2D eigenvalue weighted by molar-refractivity contribution is -0.886. The van der Waals surface area contributed by atoms with Gasteiger partial charge in [0, 0.05) is 11.4 Å². The topological polar surface area (TPSA) is 64.2 Å². The Labute approximate surface area is 168 Å². The lowest BCUT2D eigenvalue weighted by Gasteiger charge is -2.23. The molecular weight excluding hydrogens is 374 g/mol. The van der Waals surface area contributed by atoms with Crippen molar-refractivity contribution in [1.82, 2.24) is 14.8 Å². The van der Waals surface area contributed by atoms with Crippen molar-refractivity contribution < 1.29 is 9.69 Å². The van der Waals surface area contributed by atoms with Gasteiger partial charge in [-0.2, -0.15) is 5.10 Å². The summed E-state index contributed by atoms with van der Waals surface area (Å²) in [4.78, 5) is 17.8. The molecule has 0 saturated heterocycles. The molecule has 1 aliphatic rings. The number of rotatable bonds is 5. The Balaban J connectivity index is 1.41. The zero-order chi connectivity index (χ0) is 19.3. The molecule has 2 aromatic carbocycles. The van der Waals surface area contributed by atoms with Crippen molar-refractivity contribution in [2.75, 3.05) is 25.0 Å². The zero-order valence-corrected chi connectivity index (χ0v) is 16.1. The van der Waals surface area contributed by atoms with Crippen molar-refractivity contribution in [2.24, 2.45) is 0 Å². The van der Waals surface area contributed by atoms with E-state index in [1.807, 2.05) is 12.1 Å². The second-order valence-electron chi connectivity index (χ2n) is 6.78. The minimum Gasteiger partial charge on any atom is -0.324 e. The fourth-order valence-corrected chi connectivity index (χ4v) is 3.59. The van der Waals surface area contributed by atoms with Crippen LogP contribution in [0.1, 0.15) is 12.0 Å². The second-order valence-corrected chi connectivity index (χ2v) is 7.21. The van der Waals surface area contributed by atoms with E-state index in [0.29, 0.717) is 17.3 Å². The number of carbonyl (C=O) groups excluding carboxylic acids is 1. The summed E-state index contributed by atoms with van der Waals surface area (Å²) in [5.41, 5.74) is 3.98. The van der Waals surface area contributed by atoms with Crippen LogP contribution in [0.25, 0.3) is 11.3 Å². The van der Waals surface area contributed by atoms with E-state index in [2.05, 4.69) is 45.7 Å². The molecule has 142 valence electrons. The Morgan fingerprint density at radius 3 is 2.79 bits per heavy atom. The van der Waals surface area contributed by atoms with Crippen LogP contribution in [0.15, 0.2) is 67.3 Å². The first kappa shape index (κ1) is 18.4. The number of aromatic nitrogens is 3. The standard InChI is InChI=1S/C21H20ClN5O/c22-18-6-7-20(27-15-23-14-24-27)19(12-18)25-21(28)13-26-10-8-17(9-11-26)16-4-2-1-3-5-16/h1-8,12,14-15H,9-11,13H2,(H,25,28)/p+1. The van der Waals surface area contributed by atoms with Crippen molar-refractivity contribution in [1.29, 1.82) is 0 Å². The van der Waals surface area contributed by atoms with Crippen molar-refractivity contribution in [2.45, 2.75) is 6.42 Å². The predicted octanol–water partition coefficient (Wildman–Crippen LogP) is 2.23. The normalized spacial score (nSPS) is 16.5. The molecule has 1 aliphatic heterocycles. The Bertz CT molecular complexity index is 985. The maximum absolute atomic E-state index is 12.6.